The van der Waals surface area contributed by atoms with Crippen molar-refractivity contribution in [2.75, 3.05) is 18.5 Å². The minimum atomic E-state index is 0.623. The third-order valence-electron chi connectivity index (χ3n) is 3.10. The van der Waals surface area contributed by atoms with Gasteiger partial charge >= 0.3 is 0 Å². The molecule has 0 unspecified atom stereocenters. The average Bonchev–Trinajstić information content (AvgIpc) is 2.97. The number of rotatable bonds is 5. The molecule has 3 aromatic rings. The third-order valence-corrected chi connectivity index (χ3v) is 3.90. The maximum atomic E-state index is 5.69. The molecule has 108 valence electrons. The highest BCUT2D eigenvalue weighted by atomic mass is 32.1. The maximum absolute atomic E-state index is 5.69. The Labute approximate surface area is 127 Å². The zero-order valence-corrected chi connectivity index (χ0v) is 12.9. The van der Waals surface area contributed by atoms with Crippen LogP contribution >= 0.6 is 11.3 Å². The zero-order valence-electron chi connectivity index (χ0n) is 12.1. The van der Waals surface area contributed by atoms with Gasteiger partial charge in [-0.2, -0.15) is 0 Å². The summed E-state index contributed by atoms with van der Waals surface area (Å²) in [5.41, 5.74) is 0.925. The van der Waals surface area contributed by atoms with Gasteiger partial charge in [0.1, 0.15) is 16.4 Å². The van der Waals surface area contributed by atoms with Gasteiger partial charge in [0, 0.05) is 6.54 Å². The molecule has 1 aromatic carbocycles. The van der Waals surface area contributed by atoms with Crippen LogP contribution in [0.2, 0.25) is 0 Å². The van der Waals surface area contributed by atoms with Gasteiger partial charge in [0.2, 0.25) is 0 Å². The molecule has 0 aliphatic heterocycles. The molecule has 21 heavy (non-hydrogen) atoms. The molecular formula is C16H17N3OS. The summed E-state index contributed by atoms with van der Waals surface area (Å²) in [5.74, 6) is 2.40. The van der Waals surface area contributed by atoms with E-state index in [1.807, 2.05) is 36.6 Å². The van der Waals surface area contributed by atoms with Crippen LogP contribution in [0.15, 0.2) is 35.7 Å². The lowest BCUT2D eigenvalue weighted by molar-refractivity contribution is 0.341. The largest absolute Gasteiger partial charge is 0.493 e. The lowest BCUT2D eigenvalue weighted by Crippen LogP contribution is -2.03. The second kappa shape index (κ2) is 6.10. The van der Waals surface area contributed by atoms with E-state index in [1.54, 1.807) is 11.3 Å². The molecule has 0 saturated heterocycles. The maximum Gasteiger partial charge on any atom is 0.166 e. The molecule has 1 N–H and O–H groups in total. The van der Waals surface area contributed by atoms with Crippen molar-refractivity contribution in [3.63, 3.8) is 0 Å². The van der Waals surface area contributed by atoms with E-state index in [9.17, 15) is 0 Å². The normalized spacial score (nSPS) is 10.8. The predicted molar refractivity (Wildman–Crippen MR) is 88.2 cm³/mol. The number of thiophene rings is 1. The predicted octanol–water partition coefficient (Wildman–Crippen LogP) is 4.19. The lowest BCUT2D eigenvalue weighted by atomic mass is 10.2. The van der Waals surface area contributed by atoms with E-state index in [1.165, 1.54) is 0 Å². The van der Waals surface area contributed by atoms with Gasteiger partial charge in [-0.15, -0.1) is 11.3 Å². The molecule has 0 atom stereocenters. The molecule has 3 rings (SSSR count). The van der Waals surface area contributed by atoms with E-state index in [2.05, 4.69) is 28.3 Å². The minimum absolute atomic E-state index is 0.623. The smallest absolute Gasteiger partial charge is 0.166 e. The van der Waals surface area contributed by atoms with Crippen LogP contribution in [-0.4, -0.2) is 23.1 Å². The third kappa shape index (κ3) is 2.69. The number of para-hydroxylation sites is 1. The molecule has 0 aliphatic rings. The monoisotopic (exact) mass is 299 g/mol. The van der Waals surface area contributed by atoms with E-state index >= 15 is 0 Å². The number of benzene rings is 1. The van der Waals surface area contributed by atoms with E-state index < -0.39 is 0 Å². The second-order valence-corrected chi connectivity index (χ2v) is 5.39. The Kier molecular flexibility index (Phi) is 4.01. The fourth-order valence-corrected chi connectivity index (χ4v) is 2.97. The Morgan fingerprint density at radius 1 is 1.14 bits per heavy atom. The van der Waals surface area contributed by atoms with Crippen LogP contribution in [0.4, 0.5) is 5.82 Å². The van der Waals surface area contributed by atoms with Gasteiger partial charge < -0.3 is 10.1 Å². The summed E-state index contributed by atoms with van der Waals surface area (Å²) in [4.78, 5) is 10.3. The van der Waals surface area contributed by atoms with Crippen molar-refractivity contribution in [1.29, 1.82) is 0 Å². The Morgan fingerprint density at radius 2 is 2.00 bits per heavy atom. The first-order valence-corrected chi connectivity index (χ1v) is 7.92. The fraction of sp³-hybridized carbons (Fsp3) is 0.250. The van der Waals surface area contributed by atoms with Gasteiger partial charge in [-0.1, -0.05) is 12.1 Å². The molecule has 5 heteroatoms. The average molecular weight is 299 g/mol. The molecule has 0 amide bonds. The topological polar surface area (TPSA) is 47.0 Å². The van der Waals surface area contributed by atoms with Crippen molar-refractivity contribution in [1.82, 2.24) is 9.97 Å². The van der Waals surface area contributed by atoms with Gasteiger partial charge in [0.05, 0.1) is 17.6 Å². The molecule has 0 fully saturated rings. The highest BCUT2D eigenvalue weighted by Crippen LogP contribution is 2.32. The summed E-state index contributed by atoms with van der Waals surface area (Å²) in [6, 6.07) is 9.94. The number of nitrogens with zero attached hydrogens (tertiary/aromatic N) is 2. The fourth-order valence-electron chi connectivity index (χ4n) is 2.21. The minimum Gasteiger partial charge on any atom is -0.493 e. The number of ether oxygens (including phenoxy) is 1. The van der Waals surface area contributed by atoms with Gasteiger partial charge in [-0.3, -0.25) is 0 Å². The van der Waals surface area contributed by atoms with Gasteiger partial charge in [0.15, 0.2) is 5.82 Å². The molecule has 2 aromatic heterocycles. The summed E-state index contributed by atoms with van der Waals surface area (Å²) in [7, 11) is 0. The Morgan fingerprint density at radius 3 is 2.81 bits per heavy atom. The van der Waals surface area contributed by atoms with Crippen LogP contribution in [0, 0.1) is 0 Å². The van der Waals surface area contributed by atoms with Crippen LogP contribution in [0.1, 0.15) is 13.8 Å². The molecular weight excluding hydrogens is 282 g/mol. The first kappa shape index (κ1) is 13.8. The van der Waals surface area contributed by atoms with Crippen molar-refractivity contribution >= 4 is 27.4 Å². The van der Waals surface area contributed by atoms with E-state index in [4.69, 9.17) is 4.74 Å². The quantitative estimate of drug-likeness (QED) is 0.767. The van der Waals surface area contributed by atoms with E-state index in [0.717, 1.165) is 33.9 Å². The summed E-state index contributed by atoms with van der Waals surface area (Å²) in [6.07, 6.45) is 0. The van der Waals surface area contributed by atoms with Crippen molar-refractivity contribution in [2.45, 2.75) is 13.8 Å². The van der Waals surface area contributed by atoms with Crippen molar-refractivity contribution in [2.24, 2.45) is 0 Å². The number of aromatic nitrogens is 2. The Bertz CT molecular complexity index is 754. The number of nitrogens with one attached hydrogen (secondary N) is 1. The SMILES string of the molecule is CCNc1nc(-c2ccccc2OCC)nc2sccc12. The molecule has 0 radical (unpaired) electrons. The number of hydrogen-bond acceptors (Lipinski definition) is 5. The second-order valence-electron chi connectivity index (χ2n) is 4.49. The highest BCUT2D eigenvalue weighted by molar-refractivity contribution is 7.16. The van der Waals surface area contributed by atoms with Crippen LogP contribution < -0.4 is 10.1 Å². The van der Waals surface area contributed by atoms with Crippen molar-refractivity contribution in [3.05, 3.63) is 35.7 Å². The van der Waals surface area contributed by atoms with E-state index in [0.29, 0.717) is 12.4 Å². The summed E-state index contributed by atoms with van der Waals surface area (Å²) < 4.78 is 5.69. The van der Waals surface area contributed by atoms with Gasteiger partial charge in [0.25, 0.3) is 0 Å². The van der Waals surface area contributed by atoms with Crippen LogP contribution in [0.3, 0.4) is 0 Å². The number of hydrogen-bond donors (Lipinski definition) is 1. The molecule has 0 saturated carbocycles. The summed E-state index contributed by atoms with van der Waals surface area (Å²) >= 11 is 1.62. The zero-order chi connectivity index (χ0) is 14.7. The molecule has 0 spiro atoms. The van der Waals surface area contributed by atoms with Gasteiger partial charge in [-0.05, 0) is 37.4 Å². The van der Waals surface area contributed by atoms with Gasteiger partial charge in [-0.25, -0.2) is 9.97 Å². The van der Waals surface area contributed by atoms with Crippen molar-refractivity contribution < 1.29 is 4.74 Å². The van der Waals surface area contributed by atoms with Crippen LogP contribution in [0.5, 0.6) is 5.75 Å². The molecule has 4 nitrogen and oxygen atoms in total. The summed E-state index contributed by atoms with van der Waals surface area (Å²) in [5, 5.41) is 6.42. The first-order valence-electron chi connectivity index (χ1n) is 7.04. The standard InChI is InChI=1S/C16H17N3OS/c1-3-17-14-12-9-10-21-16(12)19-15(18-14)11-7-5-6-8-13(11)20-4-2/h5-10H,3-4H2,1-2H3,(H,17,18,19). The first-order chi connectivity index (χ1) is 10.3. The Balaban J connectivity index is 2.16. The molecule has 0 bridgehead atoms. The van der Waals surface area contributed by atoms with Crippen molar-refractivity contribution in [3.8, 4) is 17.1 Å². The summed E-state index contributed by atoms with van der Waals surface area (Å²) in [6.45, 7) is 5.49. The van der Waals surface area contributed by atoms with Crippen LogP contribution in [-0.2, 0) is 0 Å². The number of fused-ring (bicyclic) bond motifs is 1. The molecule has 0 aliphatic carbocycles. The lowest BCUT2D eigenvalue weighted by Gasteiger charge is -2.11. The van der Waals surface area contributed by atoms with E-state index in [-0.39, 0.29) is 0 Å². The van der Waals surface area contributed by atoms with Crippen LogP contribution in [0.25, 0.3) is 21.6 Å². The molecule has 2 heterocycles. The number of anilines is 1. The highest BCUT2D eigenvalue weighted by Gasteiger charge is 2.13. The Hall–Kier alpha value is -2.14.